The molecule has 0 bridgehead atoms. The molecular formula is C28H36F3N5O5S2. The van der Waals surface area contributed by atoms with E-state index in [1.54, 1.807) is 0 Å². The van der Waals surface area contributed by atoms with Gasteiger partial charge in [-0.2, -0.15) is 13.2 Å². The van der Waals surface area contributed by atoms with Crippen LogP contribution in [-0.4, -0.2) is 91.0 Å². The van der Waals surface area contributed by atoms with E-state index in [0.29, 0.717) is 50.1 Å². The number of pyridine rings is 1. The van der Waals surface area contributed by atoms with Crippen LogP contribution in [0.3, 0.4) is 0 Å². The number of aryl methyl sites for hydroxylation is 1. The van der Waals surface area contributed by atoms with Crippen molar-refractivity contribution in [2.24, 2.45) is 5.92 Å². The average molecular weight is 644 g/mol. The number of likely N-dealkylation sites (tertiary alicyclic amines) is 1. The molecule has 10 nitrogen and oxygen atoms in total. The minimum atomic E-state index is -5.48. The summed E-state index contributed by atoms with van der Waals surface area (Å²) in [6.45, 7) is 10.2. The number of fused-ring (bicyclic) bond motifs is 1. The van der Waals surface area contributed by atoms with E-state index in [9.17, 15) is 26.7 Å². The SMILES string of the molecule is COc1ncc(-c2nc(N3CCOCC3)nc3c(CN4CCC(C(C)(C)O)CC4)c(C)sc23)cc1CS(=O)(=O)C(F)(F)F. The zero-order valence-electron chi connectivity index (χ0n) is 24.6. The Bertz CT molecular complexity index is 1580. The molecule has 0 spiro atoms. The Morgan fingerprint density at radius 1 is 1.14 bits per heavy atom. The number of rotatable bonds is 8. The highest BCUT2D eigenvalue weighted by molar-refractivity contribution is 7.91. The molecule has 1 N–H and O–H groups in total. The van der Waals surface area contributed by atoms with Crippen LogP contribution in [0.4, 0.5) is 19.1 Å². The lowest BCUT2D eigenvalue weighted by atomic mass is 9.83. The molecule has 0 saturated carbocycles. The first kappa shape index (κ1) is 31.8. The van der Waals surface area contributed by atoms with E-state index in [0.717, 1.165) is 46.6 Å². The van der Waals surface area contributed by atoms with Crippen LogP contribution in [0.1, 0.15) is 42.7 Å². The predicted octanol–water partition coefficient (Wildman–Crippen LogP) is 4.32. The number of aliphatic hydroxyl groups is 1. The molecule has 0 amide bonds. The van der Waals surface area contributed by atoms with Crippen molar-refractivity contribution in [3.05, 3.63) is 28.3 Å². The van der Waals surface area contributed by atoms with Crippen LogP contribution < -0.4 is 9.64 Å². The highest BCUT2D eigenvalue weighted by atomic mass is 32.2. The molecular weight excluding hydrogens is 607 g/mol. The van der Waals surface area contributed by atoms with Gasteiger partial charge in [-0.15, -0.1) is 11.3 Å². The number of nitrogens with zero attached hydrogens (tertiary/aromatic N) is 5. The zero-order valence-corrected chi connectivity index (χ0v) is 26.2. The van der Waals surface area contributed by atoms with Gasteiger partial charge >= 0.3 is 5.51 Å². The summed E-state index contributed by atoms with van der Waals surface area (Å²) in [6, 6.07) is 1.36. The van der Waals surface area contributed by atoms with E-state index in [-0.39, 0.29) is 17.4 Å². The second kappa shape index (κ2) is 12.1. The summed E-state index contributed by atoms with van der Waals surface area (Å²) >= 11 is 1.49. The third-order valence-corrected chi connectivity index (χ3v) is 10.7. The maximum Gasteiger partial charge on any atom is 0.497 e. The second-order valence-electron chi connectivity index (χ2n) is 11.6. The number of halogens is 3. The average Bonchev–Trinajstić information content (AvgIpc) is 3.26. The Labute approximate surface area is 252 Å². The molecule has 0 aromatic carbocycles. The van der Waals surface area contributed by atoms with Gasteiger partial charge in [-0.3, -0.25) is 4.90 Å². The molecule has 43 heavy (non-hydrogen) atoms. The fourth-order valence-corrected chi connectivity index (χ4v) is 7.53. The van der Waals surface area contributed by atoms with Gasteiger partial charge in [0.1, 0.15) is 0 Å². The van der Waals surface area contributed by atoms with Gasteiger partial charge in [0, 0.05) is 47.4 Å². The Kier molecular flexibility index (Phi) is 8.93. The van der Waals surface area contributed by atoms with E-state index < -0.39 is 26.7 Å². The van der Waals surface area contributed by atoms with Crippen LogP contribution in [0.15, 0.2) is 12.3 Å². The first-order valence-electron chi connectivity index (χ1n) is 14.1. The highest BCUT2D eigenvalue weighted by Gasteiger charge is 2.46. The number of thiophene rings is 1. The molecule has 0 unspecified atom stereocenters. The van der Waals surface area contributed by atoms with Crippen LogP contribution in [0, 0.1) is 12.8 Å². The third kappa shape index (κ3) is 6.75. The molecule has 236 valence electrons. The summed E-state index contributed by atoms with van der Waals surface area (Å²) in [5.74, 6) is -0.817. The van der Waals surface area contributed by atoms with Gasteiger partial charge in [-0.25, -0.2) is 23.4 Å². The van der Waals surface area contributed by atoms with Crippen LogP contribution in [-0.2, 0) is 26.9 Å². The number of piperidine rings is 1. The Hall–Kier alpha value is -2.59. The number of sulfone groups is 1. The van der Waals surface area contributed by atoms with E-state index in [2.05, 4.69) is 9.88 Å². The molecule has 0 aliphatic carbocycles. The monoisotopic (exact) mass is 643 g/mol. The minimum Gasteiger partial charge on any atom is -0.481 e. The predicted molar refractivity (Wildman–Crippen MR) is 158 cm³/mol. The van der Waals surface area contributed by atoms with Crippen molar-refractivity contribution in [3.63, 3.8) is 0 Å². The van der Waals surface area contributed by atoms with E-state index in [1.165, 1.54) is 30.7 Å². The number of alkyl halides is 3. The Morgan fingerprint density at radius 3 is 2.42 bits per heavy atom. The molecule has 0 radical (unpaired) electrons. The molecule has 2 aliphatic heterocycles. The summed E-state index contributed by atoms with van der Waals surface area (Å²) in [4.78, 5) is 19.4. The van der Waals surface area contributed by atoms with E-state index >= 15 is 0 Å². The molecule has 3 aromatic heterocycles. The van der Waals surface area contributed by atoms with Gasteiger partial charge in [0.15, 0.2) is 0 Å². The molecule has 5 heterocycles. The lowest BCUT2D eigenvalue weighted by Gasteiger charge is -2.37. The van der Waals surface area contributed by atoms with Crippen LogP contribution in [0.5, 0.6) is 5.88 Å². The summed E-state index contributed by atoms with van der Waals surface area (Å²) in [5, 5.41) is 10.5. The van der Waals surface area contributed by atoms with Crippen molar-refractivity contribution in [1.29, 1.82) is 0 Å². The van der Waals surface area contributed by atoms with Gasteiger partial charge in [0.2, 0.25) is 11.8 Å². The van der Waals surface area contributed by atoms with Crippen molar-refractivity contribution in [2.75, 3.05) is 51.4 Å². The maximum absolute atomic E-state index is 13.3. The maximum atomic E-state index is 13.3. The normalized spacial score (nSPS) is 18.0. The molecule has 0 atom stereocenters. The fraction of sp³-hybridized carbons (Fsp3) is 0.607. The van der Waals surface area contributed by atoms with Crippen molar-refractivity contribution in [1.82, 2.24) is 19.9 Å². The largest absolute Gasteiger partial charge is 0.497 e. The summed E-state index contributed by atoms with van der Waals surface area (Å²) in [5.41, 5.74) is -3.72. The summed E-state index contributed by atoms with van der Waals surface area (Å²) in [7, 11) is -4.25. The van der Waals surface area contributed by atoms with Gasteiger partial charge in [-0.05, 0) is 58.7 Å². The molecule has 2 fully saturated rings. The number of aromatic nitrogens is 3. The smallest absolute Gasteiger partial charge is 0.481 e. The van der Waals surface area contributed by atoms with Crippen LogP contribution in [0.25, 0.3) is 21.5 Å². The lowest BCUT2D eigenvalue weighted by Crippen LogP contribution is -2.41. The van der Waals surface area contributed by atoms with Gasteiger partial charge in [-0.1, -0.05) is 0 Å². The summed E-state index contributed by atoms with van der Waals surface area (Å²) in [6.07, 6.45) is 3.19. The first-order chi connectivity index (χ1) is 20.2. The minimum absolute atomic E-state index is 0.201. The van der Waals surface area contributed by atoms with Crippen LogP contribution in [0.2, 0.25) is 0 Å². The standard InChI is InChI=1S/C28H36F3N5O5S2/c1-17-21(15-35-7-5-20(6-8-35)27(2,3)37)23-24(42-17)22(33-26(34-23)36-9-11-41-12-10-36)18-13-19(25(40-4)32-14-18)16-43(38,39)28(29,30)31/h13-14,20,37H,5-12,15-16H2,1-4H3. The second-order valence-corrected chi connectivity index (χ2v) is 14.8. The molecule has 2 aliphatic rings. The molecule has 15 heteroatoms. The first-order valence-corrected chi connectivity index (χ1v) is 16.5. The number of ether oxygens (including phenoxy) is 2. The zero-order chi connectivity index (χ0) is 31.2. The lowest BCUT2D eigenvalue weighted by molar-refractivity contribution is -0.0437. The quantitative estimate of drug-likeness (QED) is 0.380. The Balaban J connectivity index is 1.58. The van der Waals surface area contributed by atoms with Gasteiger partial charge in [0.25, 0.3) is 9.84 Å². The number of hydrogen-bond donors (Lipinski definition) is 1. The molecule has 5 rings (SSSR count). The van der Waals surface area contributed by atoms with Crippen molar-refractivity contribution in [3.8, 4) is 17.1 Å². The van der Waals surface area contributed by atoms with E-state index in [4.69, 9.17) is 19.4 Å². The summed E-state index contributed by atoms with van der Waals surface area (Å²) < 4.78 is 75.3. The van der Waals surface area contributed by atoms with Crippen molar-refractivity contribution >= 4 is 37.3 Å². The number of hydrogen-bond acceptors (Lipinski definition) is 11. The molecule has 2 saturated heterocycles. The number of anilines is 1. The van der Waals surface area contributed by atoms with Crippen molar-refractivity contribution in [2.45, 2.75) is 57.0 Å². The fourth-order valence-electron chi connectivity index (χ4n) is 5.63. The Morgan fingerprint density at radius 2 is 1.81 bits per heavy atom. The van der Waals surface area contributed by atoms with Gasteiger partial charge in [0.05, 0.1) is 47.6 Å². The molecule has 3 aromatic rings. The highest BCUT2D eigenvalue weighted by Crippen LogP contribution is 2.40. The van der Waals surface area contributed by atoms with Gasteiger partial charge < -0.3 is 19.5 Å². The third-order valence-electron chi connectivity index (χ3n) is 8.17. The van der Waals surface area contributed by atoms with Crippen molar-refractivity contribution < 1.29 is 36.2 Å². The topological polar surface area (TPSA) is 118 Å². The van der Waals surface area contributed by atoms with Crippen LogP contribution >= 0.6 is 11.3 Å². The number of morpholine rings is 1. The number of methoxy groups -OCH3 is 1. The van der Waals surface area contributed by atoms with E-state index in [1.807, 2.05) is 25.7 Å².